The lowest BCUT2D eigenvalue weighted by molar-refractivity contribution is 0.694. The first kappa shape index (κ1) is 10.2. The van der Waals surface area contributed by atoms with Gasteiger partial charge in [0.25, 0.3) is 0 Å². The Morgan fingerprint density at radius 3 is 2.67 bits per heavy atom. The minimum absolute atomic E-state index is 0.149. The zero-order valence-electron chi connectivity index (χ0n) is 9.38. The highest BCUT2D eigenvalue weighted by Gasteiger charge is 2.14. The standard InChI is InChI=1S/C13H18N2/c1-3-10(14)13-9-7-5-6-8-12(9)15-11(13)4-2/h5-8,10,15H,3-4,14H2,1-2H3. The Hall–Kier alpha value is -1.28. The maximum atomic E-state index is 6.16. The van der Waals surface area contributed by atoms with E-state index >= 15 is 0 Å². The molecular formula is C13H18N2. The monoisotopic (exact) mass is 202 g/mol. The summed E-state index contributed by atoms with van der Waals surface area (Å²) in [5.41, 5.74) is 9.95. The highest BCUT2D eigenvalue weighted by atomic mass is 14.7. The second-order valence-corrected chi connectivity index (χ2v) is 3.93. The van der Waals surface area contributed by atoms with Crippen LogP contribution in [0.15, 0.2) is 24.3 Å². The number of nitrogens with one attached hydrogen (secondary N) is 1. The molecule has 0 radical (unpaired) electrons. The van der Waals surface area contributed by atoms with Crippen LogP contribution in [0.3, 0.4) is 0 Å². The molecule has 2 heteroatoms. The first-order valence-corrected chi connectivity index (χ1v) is 5.63. The maximum absolute atomic E-state index is 6.16. The molecule has 1 heterocycles. The molecule has 2 rings (SSSR count). The number of nitrogens with two attached hydrogens (primary N) is 1. The molecule has 15 heavy (non-hydrogen) atoms. The molecule has 0 fully saturated rings. The van der Waals surface area contributed by atoms with Crippen molar-refractivity contribution >= 4 is 10.9 Å². The van der Waals surface area contributed by atoms with Gasteiger partial charge in [-0.15, -0.1) is 0 Å². The van der Waals surface area contributed by atoms with Crippen molar-refractivity contribution in [3.05, 3.63) is 35.5 Å². The van der Waals surface area contributed by atoms with E-state index in [0.717, 1.165) is 12.8 Å². The van der Waals surface area contributed by atoms with Crippen LogP contribution in [0.5, 0.6) is 0 Å². The fourth-order valence-corrected chi connectivity index (χ4v) is 2.13. The zero-order valence-corrected chi connectivity index (χ0v) is 9.38. The van der Waals surface area contributed by atoms with Crippen LogP contribution in [0.25, 0.3) is 10.9 Å². The molecule has 0 amide bonds. The Morgan fingerprint density at radius 1 is 1.27 bits per heavy atom. The third-order valence-electron chi connectivity index (χ3n) is 2.99. The predicted octanol–water partition coefficient (Wildman–Crippen LogP) is 3.14. The van der Waals surface area contributed by atoms with Gasteiger partial charge in [0.2, 0.25) is 0 Å². The summed E-state index contributed by atoms with van der Waals surface area (Å²) in [5.74, 6) is 0. The molecule has 0 spiro atoms. The van der Waals surface area contributed by atoms with Crippen LogP contribution in [-0.4, -0.2) is 4.98 Å². The molecule has 0 aliphatic carbocycles. The smallest absolute Gasteiger partial charge is 0.0459 e. The topological polar surface area (TPSA) is 41.8 Å². The minimum atomic E-state index is 0.149. The summed E-state index contributed by atoms with van der Waals surface area (Å²) in [5, 5.41) is 1.28. The summed E-state index contributed by atoms with van der Waals surface area (Å²) in [7, 11) is 0. The average Bonchev–Trinajstić information content (AvgIpc) is 2.66. The molecule has 0 bridgehead atoms. The number of para-hydroxylation sites is 1. The number of benzene rings is 1. The van der Waals surface area contributed by atoms with E-state index in [1.165, 1.54) is 22.2 Å². The molecule has 2 aromatic rings. The maximum Gasteiger partial charge on any atom is 0.0459 e. The SMILES string of the molecule is CCc1[nH]c2ccccc2c1C(N)CC. The second kappa shape index (κ2) is 4.07. The van der Waals surface area contributed by atoms with Gasteiger partial charge >= 0.3 is 0 Å². The van der Waals surface area contributed by atoms with Gasteiger partial charge in [0.1, 0.15) is 0 Å². The van der Waals surface area contributed by atoms with Crippen LogP contribution < -0.4 is 5.73 Å². The summed E-state index contributed by atoms with van der Waals surface area (Å²) >= 11 is 0. The lowest BCUT2D eigenvalue weighted by Crippen LogP contribution is -2.10. The number of aryl methyl sites for hydroxylation is 1. The first-order valence-electron chi connectivity index (χ1n) is 5.63. The van der Waals surface area contributed by atoms with Gasteiger partial charge in [-0.1, -0.05) is 32.0 Å². The summed E-state index contributed by atoms with van der Waals surface area (Å²) in [6, 6.07) is 8.54. The highest BCUT2D eigenvalue weighted by Crippen LogP contribution is 2.28. The van der Waals surface area contributed by atoms with Gasteiger partial charge in [-0.05, 0) is 24.5 Å². The number of rotatable bonds is 3. The van der Waals surface area contributed by atoms with Gasteiger partial charge in [-0.3, -0.25) is 0 Å². The van der Waals surface area contributed by atoms with Crippen molar-refractivity contribution in [1.29, 1.82) is 0 Å². The van der Waals surface area contributed by atoms with Gasteiger partial charge in [-0.25, -0.2) is 0 Å². The van der Waals surface area contributed by atoms with Crippen molar-refractivity contribution in [2.75, 3.05) is 0 Å². The van der Waals surface area contributed by atoms with E-state index < -0.39 is 0 Å². The summed E-state index contributed by atoms with van der Waals surface area (Å²) in [6.45, 7) is 4.29. The van der Waals surface area contributed by atoms with E-state index in [4.69, 9.17) is 5.73 Å². The molecule has 0 saturated heterocycles. The fourth-order valence-electron chi connectivity index (χ4n) is 2.13. The van der Waals surface area contributed by atoms with Gasteiger partial charge < -0.3 is 10.7 Å². The van der Waals surface area contributed by atoms with Crippen LogP contribution >= 0.6 is 0 Å². The Labute approximate surface area is 90.5 Å². The number of aromatic amines is 1. The van der Waals surface area contributed by atoms with E-state index in [1.807, 2.05) is 0 Å². The number of aromatic nitrogens is 1. The Bertz CT molecular complexity index is 457. The van der Waals surface area contributed by atoms with Crippen molar-refractivity contribution < 1.29 is 0 Å². The van der Waals surface area contributed by atoms with Crippen LogP contribution in [-0.2, 0) is 6.42 Å². The van der Waals surface area contributed by atoms with E-state index in [0.29, 0.717) is 0 Å². The van der Waals surface area contributed by atoms with E-state index in [9.17, 15) is 0 Å². The van der Waals surface area contributed by atoms with Gasteiger partial charge in [0, 0.05) is 22.6 Å². The van der Waals surface area contributed by atoms with Crippen LogP contribution in [0, 0.1) is 0 Å². The van der Waals surface area contributed by atoms with Crippen LogP contribution in [0.4, 0.5) is 0 Å². The normalized spacial score (nSPS) is 13.3. The Kier molecular flexibility index (Phi) is 2.78. The summed E-state index contributed by atoms with van der Waals surface area (Å²) < 4.78 is 0. The van der Waals surface area contributed by atoms with Crippen LogP contribution in [0.1, 0.15) is 37.6 Å². The molecule has 80 valence electrons. The Balaban J connectivity index is 2.66. The minimum Gasteiger partial charge on any atom is -0.358 e. The predicted molar refractivity (Wildman–Crippen MR) is 64.9 cm³/mol. The van der Waals surface area contributed by atoms with E-state index in [2.05, 4.69) is 43.1 Å². The highest BCUT2D eigenvalue weighted by molar-refractivity contribution is 5.85. The number of hydrogen-bond donors (Lipinski definition) is 2. The summed E-state index contributed by atoms with van der Waals surface area (Å²) in [4.78, 5) is 3.45. The van der Waals surface area contributed by atoms with Gasteiger partial charge in [-0.2, -0.15) is 0 Å². The van der Waals surface area contributed by atoms with Gasteiger partial charge in [0.15, 0.2) is 0 Å². The summed E-state index contributed by atoms with van der Waals surface area (Å²) in [6.07, 6.45) is 1.99. The van der Waals surface area contributed by atoms with Crippen molar-refractivity contribution in [2.45, 2.75) is 32.7 Å². The van der Waals surface area contributed by atoms with Gasteiger partial charge in [0.05, 0.1) is 0 Å². The van der Waals surface area contributed by atoms with E-state index in [1.54, 1.807) is 0 Å². The van der Waals surface area contributed by atoms with E-state index in [-0.39, 0.29) is 6.04 Å². The van der Waals surface area contributed by atoms with Crippen molar-refractivity contribution in [1.82, 2.24) is 4.98 Å². The molecule has 3 N–H and O–H groups in total. The molecule has 1 aromatic heterocycles. The quantitative estimate of drug-likeness (QED) is 0.788. The third-order valence-corrected chi connectivity index (χ3v) is 2.99. The van der Waals surface area contributed by atoms with Crippen molar-refractivity contribution in [3.8, 4) is 0 Å². The molecular weight excluding hydrogens is 184 g/mol. The zero-order chi connectivity index (χ0) is 10.8. The molecule has 1 aromatic carbocycles. The molecule has 0 saturated carbocycles. The molecule has 2 nitrogen and oxygen atoms in total. The number of fused-ring (bicyclic) bond motifs is 1. The molecule has 0 aliphatic rings. The van der Waals surface area contributed by atoms with Crippen molar-refractivity contribution in [2.24, 2.45) is 5.73 Å². The average molecular weight is 202 g/mol. The molecule has 1 unspecified atom stereocenters. The lowest BCUT2D eigenvalue weighted by atomic mass is 10.0. The lowest BCUT2D eigenvalue weighted by Gasteiger charge is -2.10. The Morgan fingerprint density at radius 2 is 2.00 bits per heavy atom. The van der Waals surface area contributed by atoms with Crippen molar-refractivity contribution in [3.63, 3.8) is 0 Å². The fraction of sp³-hybridized carbons (Fsp3) is 0.385. The number of H-pyrrole nitrogens is 1. The molecule has 0 aliphatic heterocycles. The molecule has 1 atom stereocenters. The largest absolute Gasteiger partial charge is 0.358 e. The second-order valence-electron chi connectivity index (χ2n) is 3.93. The third kappa shape index (κ3) is 1.65. The number of hydrogen-bond acceptors (Lipinski definition) is 1. The first-order chi connectivity index (χ1) is 7.27. The van der Waals surface area contributed by atoms with Crippen LogP contribution in [0.2, 0.25) is 0 Å².